The van der Waals surface area contributed by atoms with E-state index in [-0.39, 0.29) is 28.4 Å². The summed E-state index contributed by atoms with van der Waals surface area (Å²) in [5.74, 6) is 2.10. The lowest BCUT2D eigenvalue weighted by molar-refractivity contribution is 0.0499. The first-order valence-corrected chi connectivity index (χ1v) is 9.02. The number of benzene rings is 1. The van der Waals surface area contributed by atoms with Crippen molar-refractivity contribution in [2.45, 2.75) is 65.2 Å². The van der Waals surface area contributed by atoms with Crippen LogP contribution in [0.3, 0.4) is 0 Å². The number of carbonyl (C=O) groups excluding carboxylic acids is 1. The number of rotatable bonds is 3. The first-order valence-electron chi connectivity index (χ1n) is 9.02. The average Bonchev–Trinajstić information content (AvgIpc) is 2.73. The number of hydrogen-bond acceptors (Lipinski definition) is 3. The number of ether oxygens (including phenoxy) is 2. The van der Waals surface area contributed by atoms with E-state index in [2.05, 4.69) is 40.7 Å². The van der Waals surface area contributed by atoms with E-state index in [1.807, 2.05) is 0 Å². The zero-order valence-corrected chi connectivity index (χ0v) is 16.1. The number of Topliss-reactive ketones (excluding diaryl/α,β-unsaturated/α-hetero) is 1. The predicted molar refractivity (Wildman–Crippen MR) is 96.4 cm³/mol. The third-order valence-electron chi connectivity index (χ3n) is 6.34. The van der Waals surface area contributed by atoms with Gasteiger partial charge in [0.25, 0.3) is 0 Å². The Bertz CT molecular complexity index is 687. The van der Waals surface area contributed by atoms with Crippen LogP contribution in [0.2, 0.25) is 0 Å². The predicted octanol–water partition coefficient (Wildman–Crippen LogP) is 5.11. The Morgan fingerprint density at radius 2 is 1.79 bits per heavy atom. The van der Waals surface area contributed by atoms with Crippen LogP contribution in [0.1, 0.15) is 81.3 Å². The molecule has 0 amide bonds. The summed E-state index contributed by atoms with van der Waals surface area (Å²) >= 11 is 0. The van der Waals surface area contributed by atoms with Crippen LogP contribution in [0.25, 0.3) is 0 Å². The maximum atomic E-state index is 13.5. The molecule has 0 unspecified atom stereocenters. The van der Waals surface area contributed by atoms with E-state index in [4.69, 9.17) is 9.47 Å². The Kier molecular flexibility index (Phi) is 3.97. The van der Waals surface area contributed by atoms with Crippen LogP contribution < -0.4 is 9.47 Å². The molecule has 0 radical (unpaired) electrons. The lowest BCUT2D eigenvalue weighted by atomic mass is 9.56. The van der Waals surface area contributed by atoms with Gasteiger partial charge in [-0.25, -0.2) is 0 Å². The van der Waals surface area contributed by atoms with E-state index in [1.54, 1.807) is 14.2 Å². The van der Waals surface area contributed by atoms with Crippen LogP contribution in [0.4, 0.5) is 0 Å². The molecule has 2 atom stereocenters. The fourth-order valence-electron chi connectivity index (χ4n) is 5.41. The van der Waals surface area contributed by atoms with Crippen molar-refractivity contribution in [1.82, 2.24) is 0 Å². The molecule has 2 aliphatic rings. The monoisotopic (exact) mass is 330 g/mol. The molecule has 1 aromatic rings. The van der Waals surface area contributed by atoms with Crippen LogP contribution in [0.5, 0.6) is 11.5 Å². The van der Waals surface area contributed by atoms with Crippen LogP contribution in [0.15, 0.2) is 6.07 Å². The number of hydrogen-bond donors (Lipinski definition) is 0. The van der Waals surface area contributed by atoms with E-state index < -0.39 is 0 Å². The van der Waals surface area contributed by atoms with Crippen LogP contribution in [0, 0.1) is 11.3 Å². The number of fused-ring (bicyclic) bond motifs is 3. The fourth-order valence-corrected chi connectivity index (χ4v) is 5.41. The van der Waals surface area contributed by atoms with Crippen molar-refractivity contribution >= 4 is 5.78 Å². The molecule has 0 N–H and O–H groups in total. The Morgan fingerprint density at radius 3 is 2.33 bits per heavy atom. The number of carbonyl (C=O) groups is 1. The summed E-state index contributed by atoms with van der Waals surface area (Å²) in [4.78, 5) is 13.5. The van der Waals surface area contributed by atoms with E-state index >= 15 is 0 Å². The quantitative estimate of drug-likeness (QED) is 0.773. The summed E-state index contributed by atoms with van der Waals surface area (Å²) in [5.41, 5.74) is 2.84. The van der Waals surface area contributed by atoms with Crippen molar-refractivity contribution in [2.75, 3.05) is 14.2 Å². The molecule has 0 spiro atoms. The highest BCUT2D eigenvalue weighted by atomic mass is 16.5. The summed E-state index contributed by atoms with van der Waals surface area (Å²) in [5, 5.41) is 0. The first kappa shape index (κ1) is 17.3. The van der Waals surface area contributed by atoms with Gasteiger partial charge in [-0.3, -0.25) is 4.79 Å². The molecule has 0 bridgehead atoms. The van der Waals surface area contributed by atoms with E-state index in [0.29, 0.717) is 0 Å². The molecule has 0 heterocycles. The molecule has 0 aliphatic heterocycles. The molecular weight excluding hydrogens is 300 g/mol. The average molecular weight is 330 g/mol. The SMILES string of the molecule is COc1cc2c(c(OC)c1C(C)C)C(=O)[C@H]1C(C)(C)CCC[C@@]21C. The summed E-state index contributed by atoms with van der Waals surface area (Å²) in [6.07, 6.45) is 3.31. The van der Waals surface area contributed by atoms with Gasteiger partial charge in [-0.1, -0.05) is 41.0 Å². The molecule has 3 heteroatoms. The zero-order valence-electron chi connectivity index (χ0n) is 16.1. The topological polar surface area (TPSA) is 35.5 Å². The van der Waals surface area contributed by atoms with Gasteiger partial charge in [0, 0.05) is 16.9 Å². The van der Waals surface area contributed by atoms with Gasteiger partial charge in [0.2, 0.25) is 0 Å². The lowest BCUT2D eigenvalue weighted by Crippen LogP contribution is -2.44. The minimum Gasteiger partial charge on any atom is -0.496 e. The molecule has 2 aliphatic carbocycles. The van der Waals surface area contributed by atoms with Crippen molar-refractivity contribution in [2.24, 2.45) is 11.3 Å². The Morgan fingerprint density at radius 1 is 1.12 bits per heavy atom. The van der Waals surface area contributed by atoms with Gasteiger partial charge in [0.05, 0.1) is 19.8 Å². The molecule has 3 nitrogen and oxygen atoms in total. The van der Waals surface area contributed by atoms with Crippen molar-refractivity contribution in [3.05, 3.63) is 22.8 Å². The van der Waals surface area contributed by atoms with Crippen molar-refractivity contribution in [3.8, 4) is 11.5 Å². The Hall–Kier alpha value is -1.51. The first-order chi connectivity index (χ1) is 11.2. The van der Waals surface area contributed by atoms with Crippen molar-refractivity contribution < 1.29 is 14.3 Å². The summed E-state index contributed by atoms with van der Waals surface area (Å²) in [6.45, 7) is 11.0. The highest BCUT2D eigenvalue weighted by Crippen LogP contribution is 2.61. The van der Waals surface area contributed by atoms with E-state index in [9.17, 15) is 4.79 Å². The van der Waals surface area contributed by atoms with Gasteiger partial charge >= 0.3 is 0 Å². The van der Waals surface area contributed by atoms with Gasteiger partial charge in [0.15, 0.2) is 5.78 Å². The third kappa shape index (κ3) is 2.13. The van der Waals surface area contributed by atoms with Gasteiger partial charge in [-0.15, -0.1) is 0 Å². The van der Waals surface area contributed by atoms with Gasteiger partial charge in [-0.05, 0) is 35.8 Å². The highest BCUT2D eigenvalue weighted by Gasteiger charge is 2.58. The van der Waals surface area contributed by atoms with Gasteiger partial charge in [0.1, 0.15) is 11.5 Å². The molecular formula is C21H30O3. The normalized spacial score (nSPS) is 27.8. The molecule has 3 rings (SSSR count). The third-order valence-corrected chi connectivity index (χ3v) is 6.34. The second-order valence-corrected chi connectivity index (χ2v) is 8.66. The molecule has 1 fully saturated rings. The van der Waals surface area contributed by atoms with Crippen molar-refractivity contribution in [1.29, 1.82) is 0 Å². The molecule has 1 saturated carbocycles. The van der Waals surface area contributed by atoms with Crippen LogP contribution in [-0.4, -0.2) is 20.0 Å². The van der Waals surface area contributed by atoms with Crippen LogP contribution >= 0.6 is 0 Å². The maximum absolute atomic E-state index is 13.5. The summed E-state index contributed by atoms with van der Waals surface area (Å²) in [7, 11) is 3.37. The summed E-state index contributed by atoms with van der Waals surface area (Å²) < 4.78 is 11.5. The second kappa shape index (κ2) is 5.50. The highest BCUT2D eigenvalue weighted by molar-refractivity contribution is 6.07. The van der Waals surface area contributed by atoms with Crippen molar-refractivity contribution in [3.63, 3.8) is 0 Å². The minimum absolute atomic E-state index is 0.0132. The summed E-state index contributed by atoms with van der Waals surface area (Å²) in [6, 6.07) is 2.12. The fraction of sp³-hybridized carbons (Fsp3) is 0.667. The van der Waals surface area contributed by atoms with Gasteiger partial charge < -0.3 is 9.47 Å². The molecule has 0 saturated heterocycles. The molecule has 132 valence electrons. The smallest absolute Gasteiger partial charge is 0.171 e. The zero-order chi connectivity index (χ0) is 17.9. The molecule has 1 aromatic carbocycles. The maximum Gasteiger partial charge on any atom is 0.171 e. The molecule has 0 aromatic heterocycles. The second-order valence-electron chi connectivity index (χ2n) is 8.66. The standard InChI is InChI=1S/C21H30O3/c1-12(2)15-14(23-6)11-13-16(18(15)24-7)17(22)19-20(3,4)9-8-10-21(13,19)5/h11-12,19H,8-10H2,1-7H3/t19-,21-/m0/s1. The van der Waals surface area contributed by atoms with Gasteiger partial charge in [-0.2, -0.15) is 0 Å². The molecule has 24 heavy (non-hydrogen) atoms. The largest absolute Gasteiger partial charge is 0.496 e. The van der Waals surface area contributed by atoms with E-state index in [1.165, 1.54) is 0 Å². The van der Waals surface area contributed by atoms with Crippen LogP contribution in [-0.2, 0) is 5.41 Å². The number of methoxy groups -OCH3 is 2. The minimum atomic E-state index is -0.121. The lowest BCUT2D eigenvalue weighted by Gasteiger charge is -2.46. The Labute approximate surface area is 145 Å². The number of ketones is 1. The van der Waals surface area contributed by atoms with E-state index in [0.717, 1.165) is 47.5 Å². The Balaban J connectivity index is 2.34.